The molecule has 0 N–H and O–H groups in total. The maximum Gasteiger partial charge on any atom is 0.299 e. The summed E-state index contributed by atoms with van der Waals surface area (Å²) in [4.78, 5) is 15.9. The highest BCUT2D eigenvalue weighted by Gasteiger charge is 2.07. The minimum absolute atomic E-state index is 0.234. The zero-order valence-electron chi connectivity index (χ0n) is 16.2. The Labute approximate surface area is 169 Å². The van der Waals surface area contributed by atoms with E-state index in [4.69, 9.17) is 21.1 Å². The summed E-state index contributed by atoms with van der Waals surface area (Å²) in [6.45, 7) is 4.29. The summed E-state index contributed by atoms with van der Waals surface area (Å²) in [5, 5.41) is 0.675. The summed E-state index contributed by atoms with van der Waals surface area (Å²) in [5.74, 6) is 1.43. The predicted molar refractivity (Wildman–Crippen MR) is 111 cm³/mol. The van der Waals surface area contributed by atoms with Crippen molar-refractivity contribution >= 4 is 11.6 Å². The van der Waals surface area contributed by atoms with Gasteiger partial charge in [-0.2, -0.15) is 4.98 Å². The minimum Gasteiger partial charge on any atom is -0.464 e. The molecule has 2 aromatic carbocycles. The molecule has 0 aliphatic carbocycles. The van der Waals surface area contributed by atoms with Crippen molar-refractivity contribution in [3.63, 3.8) is 0 Å². The van der Waals surface area contributed by atoms with E-state index in [0.29, 0.717) is 41.8 Å². The minimum atomic E-state index is -0.234. The van der Waals surface area contributed by atoms with Crippen LogP contribution in [-0.2, 0) is 19.9 Å². The van der Waals surface area contributed by atoms with Crippen molar-refractivity contribution in [2.24, 2.45) is 7.05 Å². The third kappa shape index (κ3) is 4.93. The Hall–Kier alpha value is -2.79. The predicted octanol–water partition coefficient (Wildman–Crippen LogP) is 4.72. The third-order valence-corrected chi connectivity index (χ3v) is 4.81. The molecule has 0 aliphatic rings. The van der Waals surface area contributed by atoms with E-state index in [1.54, 1.807) is 16.8 Å². The van der Waals surface area contributed by atoms with Gasteiger partial charge in [0.2, 0.25) is 0 Å². The molecule has 3 rings (SSSR count). The molecule has 0 amide bonds. The normalized spacial score (nSPS) is 10.7. The first-order valence-electron chi connectivity index (χ1n) is 9.18. The summed E-state index contributed by atoms with van der Waals surface area (Å²) in [6.07, 6.45) is 3.09. The van der Waals surface area contributed by atoms with Crippen molar-refractivity contribution in [1.29, 1.82) is 0 Å². The van der Waals surface area contributed by atoms with Gasteiger partial charge in [-0.25, -0.2) is 0 Å². The van der Waals surface area contributed by atoms with E-state index >= 15 is 0 Å². The van der Waals surface area contributed by atoms with Crippen molar-refractivity contribution in [2.75, 3.05) is 6.61 Å². The molecule has 0 saturated heterocycles. The van der Waals surface area contributed by atoms with Gasteiger partial charge >= 0.3 is 0 Å². The van der Waals surface area contributed by atoms with Crippen LogP contribution in [0.2, 0.25) is 5.02 Å². The van der Waals surface area contributed by atoms with Gasteiger partial charge in [0.1, 0.15) is 11.5 Å². The Balaban J connectivity index is 1.63. The second-order valence-corrected chi connectivity index (χ2v) is 6.98. The van der Waals surface area contributed by atoms with E-state index in [9.17, 15) is 4.79 Å². The number of nitrogens with zero attached hydrogens (tertiary/aromatic N) is 2. The molecule has 0 spiro atoms. The Morgan fingerprint density at radius 2 is 1.93 bits per heavy atom. The number of aromatic nitrogens is 2. The molecule has 0 fully saturated rings. The monoisotopic (exact) mass is 398 g/mol. The second kappa shape index (κ2) is 8.93. The van der Waals surface area contributed by atoms with Crippen molar-refractivity contribution < 1.29 is 9.47 Å². The van der Waals surface area contributed by atoms with Crippen LogP contribution < -0.4 is 15.0 Å². The fourth-order valence-corrected chi connectivity index (χ4v) is 2.93. The summed E-state index contributed by atoms with van der Waals surface area (Å²) < 4.78 is 13.3. The molecule has 0 saturated carbocycles. The van der Waals surface area contributed by atoms with Gasteiger partial charge in [-0.1, -0.05) is 36.7 Å². The van der Waals surface area contributed by atoms with Crippen LogP contribution >= 0.6 is 11.6 Å². The van der Waals surface area contributed by atoms with Gasteiger partial charge in [0.15, 0.2) is 0 Å². The van der Waals surface area contributed by atoms with E-state index in [-0.39, 0.29) is 5.56 Å². The fourth-order valence-electron chi connectivity index (χ4n) is 2.76. The van der Waals surface area contributed by atoms with Gasteiger partial charge in [0, 0.05) is 30.3 Å². The number of ether oxygens (including phenoxy) is 2. The lowest BCUT2D eigenvalue weighted by molar-refractivity contribution is 0.281. The van der Waals surface area contributed by atoms with Crippen LogP contribution in [0.15, 0.2) is 53.5 Å². The molecule has 5 nitrogen and oxygen atoms in total. The quantitative estimate of drug-likeness (QED) is 0.578. The number of hydrogen-bond donors (Lipinski definition) is 0. The van der Waals surface area contributed by atoms with E-state index in [1.165, 1.54) is 0 Å². The molecule has 0 atom stereocenters. The zero-order chi connectivity index (χ0) is 20.1. The number of halogens is 1. The molecule has 1 heterocycles. The SMILES string of the molecule is CCc1cn(C)c(OCCc2cccc(Oc3ccc(C)c(Cl)c3)c2)nc1=O. The number of hydrogen-bond acceptors (Lipinski definition) is 4. The zero-order valence-corrected chi connectivity index (χ0v) is 17.0. The van der Waals surface area contributed by atoms with Crippen LogP contribution in [0.4, 0.5) is 0 Å². The van der Waals surface area contributed by atoms with Crippen LogP contribution in [-0.4, -0.2) is 16.2 Å². The highest BCUT2D eigenvalue weighted by atomic mass is 35.5. The average Bonchev–Trinajstić information content (AvgIpc) is 2.67. The molecule has 28 heavy (non-hydrogen) atoms. The maximum absolute atomic E-state index is 11.9. The highest BCUT2D eigenvalue weighted by Crippen LogP contribution is 2.27. The van der Waals surface area contributed by atoms with Gasteiger partial charge in [0.05, 0.1) is 6.61 Å². The molecule has 0 radical (unpaired) electrons. The van der Waals surface area contributed by atoms with Gasteiger partial charge in [-0.3, -0.25) is 4.79 Å². The summed E-state index contributed by atoms with van der Waals surface area (Å²) in [6, 6.07) is 13.7. The molecule has 0 bridgehead atoms. The van der Waals surface area contributed by atoms with E-state index in [0.717, 1.165) is 16.9 Å². The Kier molecular flexibility index (Phi) is 6.37. The molecular weight excluding hydrogens is 376 g/mol. The van der Waals surface area contributed by atoms with Crippen LogP contribution in [0.3, 0.4) is 0 Å². The lowest BCUT2D eigenvalue weighted by Crippen LogP contribution is -2.19. The number of aryl methyl sites for hydroxylation is 3. The fraction of sp³-hybridized carbons (Fsp3) is 0.273. The van der Waals surface area contributed by atoms with E-state index < -0.39 is 0 Å². The van der Waals surface area contributed by atoms with Crippen LogP contribution in [0.25, 0.3) is 0 Å². The Morgan fingerprint density at radius 1 is 1.14 bits per heavy atom. The highest BCUT2D eigenvalue weighted by molar-refractivity contribution is 6.31. The first-order chi connectivity index (χ1) is 13.5. The summed E-state index contributed by atoms with van der Waals surface area (Å²) in [5.41, 5.74) is 2.51. The smallest absolute Gasteiger partial charge is 0.299 e. The van der Waals surface area contributed by atoms with Gasteiger partial charge < -0.3 is 14.0 Å². The Bertz CT molecular complexity index is 1030. The van der Waals surface area contributed by atoms with Gasteiger partial charge in [0.25, 0.3) is 11.6 Å². The lowest BCUT2D eigenvalue weighted by Gasteiger charge is -2.11. The van der Waals surface area contributed by atoms with Crippen LogP contribution in [0.5, 0.6) is 17.5 Å². The largest absolute Gasteiger partial charge is 0.464 e. The lowest BCUT2D eigenvalue weighted by atomic mass is 10.1. The topological polar surface area (TPSA) is 53.4 Å². The van der Waals surface area contributed by atoms with Crippen molar-refractivity contribution in [2.45, 2.75) is 26.7 Å². The van der Waals surface area contributed by atoms with E-state index in [1.807, 2.05) is 57.3 Å². The molecule has 1 aromatic heterocycles. The van der Waals surface area contributed by atoms with Gasteiger partial charge in [-0.15, -0.1) is 0 Å². The summed E-state index contributed by atoms with van der Waals surface area (Å²) >= 11 is 6.15. The Morgan fingerprint density at radius 3 is 2.68 bits per heavy atom. The summed E-state index contributed by atoms with van der Waals surface area (Å²) in [7, 11) is 1.82. The van der Waals surface area contributed by atoms with Gasteiger partial charge in [-0.05, 0) is 48.7 Å². The standard InChI is InChI=1S/C22H23ClN2O3/c1-4-17-14-25(3)22(24-21(17)26)27-11-10-16-6-5-7-18(12-16)28-19-9-8-15(2)20(23)13-19/h5-9,12-14H,4,10-11H2,1-3H3. The maximum atomic E-state index is 11.9. The average molecular weight is 399 g/mol. The van der Waals surface area contributed by atoms with Crippen LogP contribution in [0.1, 0.15) is 23.6 Å². The molecule has 3 aromatic rings. The third-order valence-electron chi connectivity index (χ3n) is 4.40. The molecule has 6 heteroatoms. The van der Waals surface area contributed by atoms with Crippen molar-refractivity contribution in [1.82, 2.24) is 9.55 Å². The second-order valence-electron chi connectivity index (χ2n) is 6.58. The van der Waals surface area contributed by atoms with Crippen molar-refractivity contribution in [3.05, 3.63) is 80.7 Å². The molecule has 0 unspecified atom stereocenters. The molecule has 0 aliphatic heterocycles. The van der Waals surface area contributed by atoms with Crippen molar-refractivity contribution in [3.8, 4) is 17.5 Å². The number of rotatable bonds is 7. The van der Waals surface area contributed by atoms with Crippen LogP contribution in [0, 0.1) is 6.92 Å². The van der Waals surface area contributed by atoms with E-state index in [2.05, 4.69) is 4.98 Å². The first-order valence-corrected chi connectivity index (χ1v) is 9.56. The molecular formula is C22H23ClN2O3. The first kappa shape index (κ1) is 20.0. The number of benzene rings is 2. The molecule has 146 valence electrons.